The maximum atomic E-state index is 12.6. The van der Waals surface area contributed by atoms with Crippen LogP contribution in [-0.2, 0) is 17.3 Å². The molecule has 5 heteroatoms. The molecule has 0 saturated carbocycles. The number of alkyl halides is 3. The van der Waals surface area contributed by atoms with Crippen LogP contribution in [0.4, 0.5) is 13.2 Å². The first-order valence-corrected chi connectivity index (χ1v) is 7.57. The number of hydrogen-bond donors (Lipinski definition) is 1. The number of benzene rings is 1. The van der Waals surface area contributed by atoms with E-state index in [1.807, 2.05) is 13.8 Å². The summed E-state index contributed by atoms with van der Waals surface area (Å²) in [6, 6.07) is 5.19. The summed E-state index contributed by atoms with van der Waals surface area (Å²) in [5.41, 5.74) is -0.470. The van der Waals surface area contributed by atoms with Gasteiger partial charge in [-0.1, -0.05) is 12.1 Å². The van der Waals surface area contributed by atoms with Crippen LogP contribution in [0.25, 0.3) is 0 Å². The molecule has 0 spiro atoms. The van der Waals surface area contributed by atoms with Gasteiger partial charge < -0.3 is 9.84 Å². The lowest BCUT2D eigenvalue weighted by Gasteiger charge is -2.32. The van der Waals surface area contributed by atoms with Crippen molar-refractivity contribution >= 4 is 0 Å². The first-order chi connectivity index (χ1) is 10.2. The van der Waals surface area contributed by atoms with E-state index in [-0.39, 0.29) is 12.2 Å². The van der Waals surface area contributed by atoms with Crippen LogP contribution in [0.5, 0.6) is 0 Å². The molecule has 1 heterocycles. The van der Waals surface area contributed by atoms with E-state index in [0.29, 0.717) is 13.0 Å². The molecule has 2 rings (SSSR count). The Labute approximate surface area is 129 Å². The van der Waals surface area contributed by atoms with E-state index in [9.17, 15) is 18.3 Å². The molecule has 0 amide bonds. The van der Waals surface area contributed by atoms with E-state index in [0.717, 1.165) is 37.0 Å². The van der Waals surface area contributed by atoms with Gasteiger partial charge in [0.15, 0.2) is 0 Å². The highest BCUT2D eigenvalue weighted by atomic mass is 19.4. The molecule has 1 aliphatic heterocycles. The Morgan fingerprint density at radius 2 is 1.77 bits per heavy atom. The highest BCUT2D eigenvalue weighted by molar-refractivity contribution is 5.25. The molecule has 1 aromatic carbocycles. The first kappa shape index (κ1) is 17.3. The fraction of sp³-hybridized carbons (Fsp3) is 0.647. The molecule has 0 radical (unpaired) electrons. The van der Waals surface area contributed by atoms with E-state index in [4.69, 9.17) is 4.74 Å². The summed E-state index contributed by atoms with van der Waals surface area (Å²) in [5, 5.41) is 9.82. The van der Waals surface area contributed by atoms with Crippen molar-refractivity contribution in [2.45, 2.75) is 51.3 Å². The van der Waals surface area contributed by atoms with Crippen molar-refractivity contribution in [3.8, 4) is 0 Å². The maximum absolute atomic E-state index is 12.6. The van der Waals surface area contributed by atoms with Gasteiger partial charge in [-0.25, -0.2) is 0 Å². The minimum atomic E-state index is -4.32. The maximum Gasteiger partial charge on any atom is 0.416 e. The molecule has 22 heavy (non-hydrogen) atoms. The predicted molar refractivity (Wildman–Crippen MR) is 78.5 cm³/mol. The largest absolute Gasteiger partial charge is 0.416 e. The van der Waals surface area contributed by atoms with Crippen LogP contribution in [0.1, 0.15) is 44.2 Å². The van der Waals surface area contributed by atoms with Crippen molar-refractivity contribution in [3.63, 3.8) is 0 Å². The van der Waals surface area contributed by atoms with Crippen molar-refractivity contribution < 1.29 is 23.0 Å². The quantitative estimate of drug-likeness (QED) is 0.905. The molecule has 0 bridgehead atoms. The van der Waals surface area contributed by atoms with E-state index >= 15 is 0 Å². The lowest BCUT2D eigenvalue weighted by molar-refractivity contribution is -0.137. The standard InChI is InChI=1S/C17H23F3O2/c1-15(2)8-3-9-16(11-21,12-22-15)10-13-4-6-14(7-5-13)17(18,19)20/h4-7,21H,3,8-12H2,1-2H3. The summed E-state index contributed by atoms with van der Waals surface area (Å²) in [4.78, 5) is 0. The van der Waals surface area contributed by atoms with Crippen molar-refractivity contribution in [3.05, 3.63) is 35.4 Å². The number of aliphatic hydroxyl groups excluding tert-OH is 1. The number of halogens is 3. The normalized spacial score (nSPS) is 25.7. The number of ether oxygens (including phenoxy) is 1. The molecular formula is C17H23F3O2. The fourth-order valence-corrected chi connectivity index (χ4v) is 2.95. The van der Waals surface area contributed by atoms with Gasteiger partial charge in [0.05, 0.1) is 24.4 Å². The van der Waals surface area contributed by atoms with Crippen molar-refractivity contribution in [2.75, 3.05) is 13.2 Å². The van der Waals surface area contributed by atoms with Crippen molar-refractivity contribution in [1.82, 2.24) is 0 Å². The van der Waals surface area contributed by atoms with E-state index in [2.05, 4.69) is 0 Å². The summed E-state index contributed by atoms with van der Waals surface area (Å²) < 4.78 is 43.7. The van der Waals surface area contributed by atoms with Gasteiger partial charge in [0.2, 0.25) is 0 Å². The summed E-state index contributed by atoms with van der Waals surface area (Å²) in [5.74, 6) is 0. The third-order valence-electron chi connectivity index (χ3n) is 4.45. The Bertz CT molecular complexity index is 494. The number of aliphatic hydroxyl groups is 1. The Morgan fingerprint density at radius 3 is 2.32 bits per heavy atom. The summed E-state index contributed by atoms with van der Waals surface area (Å²) in [7, 11) is 0. The summed E-state index contributed by atoms with van der Waals surface area (Å²) in [6.45, 7) is 4.46. The predicted octanol–water partition coefficient (Wildman–Crippen LogP) is 4.21. The molecule has 0 aromatic heterocycles. The summed E-state index contributed by atoms with van der Waals surface area (Å²) in [6.07, 6.45) is -1.12. The molecule has 1 aliphatic rings. The van der Waals surface area contributed by atoms with Crippen molar-refractivity contribution in [1.29, 1.82) is 0 Å². The van der Waals surface area contributed by atoms with Gasteiger partial charge >= 0.3 is 6.18 Å². The van der Waals surface area contributed by atoms with E-state index < -0.39 is 17.2 Å². The zero-order valence-corrected chi connectivity index (χ0v) is 13.0. The highest BCUT2D eigenvalue weighted by Crippen LogP contribution is 2.37. The third-order valence-corrected chi connectivity index (χ3v) is 4.45. The molecule has 2 nitrogen and oxygen atoms in total. The van der Waals surface area contributed by atoms with Crippen LogP contribution in [-0.4, -0.2) is 23.9 Å². The third kappa shape index (κ3) is 4.23. The van der Waals surface area contributed by atoms with Gasteiger partial charge in [-0.2, -0.15) is 13.2 Å². The zero-order valence-electron chi connectivity index (χ0n) is 13.0. The Kier molecular flexibility index (Phi) is 4.87. The van der Waals surface area contributed by atoms with Gasteiger partial charge in [0.1, 0.15) is 0 Å². The molecule has 1 fully saturated rings. The molecule has 124 valence electrons. The molecule has 1 atom stereocenters. The van der Waals surface area contributed by atoms with Crippen LogP contribution in [0, 0.1) is 5.41 Å². The van der Waals surface area contributed by atoms with Crippen LogP contribution in [0.3, 0.4) is 0 Å². The molecule has 1 saturated heterocycles. The molecule has 1 aromatic rings. The molecular weight excluding hydrogens is 293 g/mol. The van der Waals surface area contributed by atoms with Crippen molar-refractivity contribution in [2.24, 2.45) is 5.41 Å². The van der Waals surface area contributed by atoms with Gasteiger partial charge in [-0.15, -0.1) is 0 Å². The lowest BCUT2D eigenvalue weighted by Crippen LogP contribution is -2.35. The topological polar surface area (TPSA) is 29.5 Å². The first-order valence-electron chi connectivity index (χ1n) is 7.57. The van der Waals surface area contributed by atoms with Crippen LogP contribution >= 0.6 is 0 Å². The second kappa shape index (κ2) is 6.20. The fourth-order valence-electron chi connectivity index (χ4n) is 2.95. The smallest absolute Gasteiger partial charge is 0.396 e. The highest BCUT2D eigenvalue weighted by Gasteiger charge is 2.36. The van der Waals surface area contributed by atoms with Gasteiger partial charge in [0, 0.05) is 5.41 Å². The van der Waals surface area contributed by atoms with E-state index in [1.165, 1.54) is 12.1 Å². The average molecular weight is 316 g/mol. The molecule has 1 unspecified atom stereocenters. The SMILES string of the molecule is CC1(C)CCCC(CO)(Cc2ccc(C(F)(F)F)cc2)CO1. The monoisotopic (exact) mass is 316 g/mol. The van der Waals surface area contributed by atoms with Gasteiger partial charge in [0.25, 0.3) is 0 Å². The van der Waals surface area contributed by atoms with Crippen LogP contribution in [0.15, 0.2) is 24.3 Å². The Morgan fingerprint density at radius 1 is 1.14 bits per heavy atom. The second-order valence-electron chi connectivity index (χ2n) is 6.93. The second-order valence-corrected chi connectivity index (χ2v) is 6.93. The zero-order chi connectivity index (χ0) is 16.4. The summed E-state index contributed by atoms with van der Waals surface area (Å²) >= 11 is 0. The van der Waals surface area contributed by atoms with E-state index in [1.54, 1.807) is 0 Å². The van der Waals surface area contributed by atoms with Gasteiger partial charge in [-0.3, -0.25) is 0 Å². The average Bonchev–Trinajstić information content (AvgIpc) is 2.58. The molecule has 1 N–H and O–H groups in total. The minimum Gasteiger partial charge on any atom is -0.396 e. The number of hydrogen-bond acceptors (Lipinski definition) is 2. The van der Waals surface area contributed by atoms with Crippen LogP contribution in [0.2, 0.25) is 0 Å². The minimum absolute atomic E-state index is 0.0237. The Hall–Kier alpha value is -1.07. The van der Waals surface area contributed by atoms with Gasteiger partial charge in [-0.05, 0) is 57.2 Å². The number of rotatable bonds is 3. The Balaban J connectivity index is 2.13. The lowest BCUT2D eigenvalue weighted by atomic mass is 9.79. The molecule has 0 aliphatic carbocycles. The van der Waals surface area contributed by atoms with Crippen LogP contribution < -0.4 is 0 Å².